The Hall–Kier alpha value is -4.51. The first-order valence-corrected chi connectivity index (χ1v) is 12.3. The number of benzene rings is 2. The number of nitrogens with zero attached hydrogens (tertiary/aromatic N) is 1. The lowest BCUT2D eigenvalue weighted by Gasteiger charge is -2.23. The number of hydrogen-bond acceptors (Lipinski definition) is 7. The predicted octanol–water partition coefficient (Wildman–Crippen LogP) is 2.04. The first-order valence-electron chi connectivity index (χ1n) is 11.4. The number of nitrogens with two attached hydrogens (primary N) is 1. The van der Waals surface area contributed by atoms with E-state index in [-0.39, 0.29) is 37.7 Å². The van der Waals surface area contributed by atoms with Crippen molar-refractivity contribution in [1.29, 1.82) is 5.41 Å². The van der Waals surface area contributed by atoms with Crippen LogP contribution < -0.4 is 21.1 Å². The Bertz CT molecular complexity index is 1320. The van der Waals surface area contributed by atoms with Gasteiger partial charge in [-0.3, -0.25) is 24.6 Å². The van der Waals surface area contributed by atoms with Crippen molar-refractivity contribution in [2.75, 3.05) is 13.1 Å². The molecule has 1 saturated heterocycles. The number of carbonyl (C=O) groups excluding carboxylic acids is 4. The molecule has 3 aromatic rings. The van der Waals surface area contributed by atoms with Crippen LogP contribution in [-0.2, 0) is 20.9 Å². The topological polar surface area (TPSA) is 155 Å². The summed E-state index contributed by atoms with van der Waals surface area (Å²) in [6, 6.07) is 16.4. The molecule has 1 atom stereocenters. The predicted molar refractivity (Wildman–Crippen MR) is 138 cm³/mol. The number of likely N-dealkylation sites (tertiary alicyclic amines) is 1. The van der Waals surface area contributed by atoms with E-state index in [0.29, 0.717) is 22.6 Å². The standard InChI is InChI=1S/C26H25N5O5S/c27-24(28)17-10-21(37-15-17)12-29-26(35)22-11-18(32)14-31(22)23(33)13-30-25(34)16-6-8-20(9-7-16)36-19-4-2-1-3-5-19/h1-10,15,22H,11-14H2,(H3,27,28)(H,29,35)(H,30,34). The second-order valence-corrected chi connectivity index (χ2v) is 9.33. The zero-order valence-electron chi connectivity index (χ0n) is 19.7. The van der Waals surface area contributed by atoms with Crippen LogP contribution in [0.5, 0.6) is 11.5 Å². The van der Waals surface area contributed by atoms with E-state index in [0.717, 1.165) is 4.88 Å². The molecule has 1 fully saturated rings. The fraction of sp³-hybridized carbons (Fsp3) is 0.192. The number of hydrogen-bond donors (Lipinski definition) is 4. The quantitative estimate of drug-likeness (QED) is 0.251. The molecule has 10 nitrogen and oxygen atoms in total. The second-order valence-electron chi connectivity index (χ2n) is 8.34. The zero-order chi connectivity index (χ0) is 26.4. The molecule has 5 N–H and O–H groups in total. The minimum absolute atomic E-state index is 0.0644. The largest absolute Gasteiger partial charge is 0.457 e. The molecule has 0 bridgehead atoms. The molecule has 0 aliphatic carbocycles. The van der Waals surface area contributed by atoms with E-state index in [9.17, 15) is 19.2 Å². The fourth-order valence-corrected chi connectivity index (χ4v) is 4.58. The molecule has 0 radical (unpaired) electrons. The van der Waals surface area contributed by atoms with E-state index in [1.807, 2.05) is 30.3 Å². The number of thiophene rings is 1. The summed E-state index contributed by atoms with van der Waals surface area (Å²) in [7, 11) is 0. The number of para-hydroxylation sites is 1. The molecule has 0 saturated carbocycles. The van der Waals surface area contributed by atoms with Crippen LogP contribution in [0, 0.1) is 5.41 Å². The van der Waals surface area contributed by atoms with Gasteiger partial charge in [-0.25, -0.2) is 0 Å². The van der Waals surface area contributed by atoms with E-state index >= 15 is 0 Å². The van der Waals surface area contributed by atoms with Crippen molar-refractivity contribution in [2.24, 2.45) is 5.73 Å². The Labute approximate surface area is 216 Å². The van der Waals surface area contributed by atoms with Gasteiger partial charge in [-0.05, 0) is 42.5 Å². The summed E-state index contributed by atoms with van der Waals surface area (Å²) >= 11 is 1.34. The van der Waals surface area contributed by atoms with Gasteiger partial charge in [0, 0.05) is 27.8 Å². The zero-order valence-corrected chi connectivity index (χ0v) is 20.5. The molecule has 4 rings (SSSR count). The lowest BCUT2D eigenvalue weighted by Crippen LogP contribution is -2.48. The average molecular weight is 520 g/mol. The highest BCUT2D eigenvalue weighted by molar-refractivity contribution is 7.10. The van der Waals surface area contributed by atoms with E-state index in [1.54, 1.807) is 35.7 Å². The highest BCUT2D eigenvalue weighted by Crippen LogP contribution is 2.21. The van der Waals surface area contributed by atoms with Crippen LogP contribution in [0.3, 0.4) is 0 Å². The molecule has 1 aliphatic heterocycles. The van der Waals surface area contributed by atoms with Crippen molar-refractivity contribution in [3.05, 3.63) is 82.0 Å². The summed E-state index contributed by atoms with van der Waals surface area (Å²) < 4.78 is 5.71. The van der Waals surface area contributed by atoms with Crippen molar-refractivity contribution in [3.63, 3.8) is 0 Å². The molecule has 0 spiro atoms. The normalized spacial score (nSPS) is 14.8. The van der Waals surface area contributed by atoms with E-state index in [4.69, 9.17) is 15.9 Å². The number of nitrogens with one attached hydrogen (secondary N) is 3. The summed E-state index contributed by atoms with van der Waals surface area (Å²) in [4.78, 5) is 52.0. The molecule has 2 heterocycles. The van der Waals surface area contributed by atoms with Crippen LogP contribution in [0.4, 0.5) is 0 Å². The van der Waals surface area contributed by atoms with Gasteiger partial charge in [0.2, 0.25) is 11.8 Å². The van der Waals surface area contributed by atoms with Gasteiger partial charge in [-0.1, -0.05) is 18.2 Å². The van der Waals surface area contributed by atoms with Crippen molar-refractivity contribution in [1.82, 2.24) is 15.5 Å². The van der Waals surface area contributed by atoms with Gasteiger partial charge >= 0.3 is 0 Å². The smallest absolute Gasteiger partial charge is 0.251 e. The second kappa shape index (κ2) is 11.5. The van der Waals surface area contributed by atoms with Crippen molar-refractivity contribution in [2.45, 2.75) is 19.0 Å². The third-order valence-corrected chi connectivity index (χ3v) is 6.60. The SMILES string of the molecule is N=C(N)c1csc(CNC(=O)C2CC(=O)CN2C(=O)CNC(=O)c2ccc(Oc3ccccc3)cc2)c1. The number of carbonyl (C=O) groups is 4. The van der Waals surface area contributed by atoms with E-state index < -0.39 is 23.8 Å². The Morgan fingerprint density at radius 1 is 1.03 bits per heavy atom. The van der Waals surface area contributed by atoms with Crippen LogP contribution in [0.15, 0.2) is 66.0 Å². The lowest BCUT2D eigenvalue weighted by molar-refractivity contribution is -0.137. The third-order valence-electron chi connectivity index (χ3n) is 5.66. The number of ketones is 1. The van der Waals surface area contributed by atoms with Gasteiger partial charge in [0.15, 0.2) is 5.78 Å². The van der Waals surface area contributed by atoms with E-state index in [1.165, 1.54) is 16.2 Å². The summed E-state index contributed by atoms with van der Waals surface area (Å²) in [6.07, 6.45) is -0.0858. The lowest BCUT2D eigenvalue weighted by atomic mass is 10.2. The summed E-state index contributed by atoms with van der Waals surface area (Å²) in [5.74, 6) is -0.529. The van der Waals surface area contributed by atoms with Crippen LogP contribution in [0.1, 0.15) is 27.2 Å². The molecule has 190 valence electrons. The Morgan fingerprint density at radius 3 is 2.41 bits per heavy atom. The molecule has 11 heteroatoms. The number of rotatable bonds is 9. The van der Waals surface area contributed by atoms with Gasteiger partial charge in [-0.2, -0.15) is 0 Å². The minimum Gasteiger partial charge on any atom is -0.457 e. The fourth-order valence-electron chi connectivity index (χ4n) is 3.75. The molecule has 37 heavy (non-hydrogen) atoms. The van der Waals surface area contributed by atoms with Crippen LogP contribution in [0.25, 0.3) is 0 Å². The number of nitrogen functional groups attached to an aromatic ring is 1. The highest BCUT2D eigenvalue weighted by Gasteiger charge is 2.38. The molecule has 3 amide bonds. The summed E-state index contributed by atoms with van der Waals surface area (Å²) in [5.41, 5.74) is 6.36. The van der Waals surface area contributed by atoms with Crippen molar-refractivity contribution >= 4 is 40.7 Å². The van der Waals surface area contributed by atoms with Gasteiger partial charge in [0.05, 0.1) is 19.6 Å². The summed E-state index contributed by atoms with van der Waals surface area (Å²) in [5, 5.41) is 14.4. The Kier molecular flexibility index (Phi) is 7.94. The van der Waals surface area contributed by atoms with Crippen LogP contribution in [0.2, 0.25) is 0 Å². The molecular weight excluding hydrogens is 494 g/mol. The Balaban J connectivity index is 1.29. The molecular formula is C26H25N5O5S. The summed E-state index contributed by atoms with van der Waals surface area (Å²) in [6.45, 7) is -0.360. The van der Waals surface area contributed by atoms with Crippen molar-refractivity contribution < 1.29 is 23.9 Å². The van der Waals surface area contributed by atoms with Crippen molar-refractivity contribution in [3.8, 4) is 11.5 Å². The monoisotopic (exact) mass is 519 g/mol. The number of amides is 3. The average Bonchev–Trinajstić information content (AvgIpc) is 3.54. The maximum Gasteiger partial charge on any atom is 0.251 e. The molecule has 1 aliphatic rings. The maximum absolute atomic E-state index is 12.8. The van der Waals surface area contributed by atoms with E-state index in [2.05, 4.69) is 10.6 Å². The van der Waals surface area contributed by atoms with Gasteiger partial charge < -0.3 is 26.0 Å². The Morgan fingerprint density at radius 2 is 1.73 bits per heavy atom. The number of amidine groups is 1. The van der Waals surface area contributed by atoms with Crippen LogP contribution >= 0.6 is 11.3 Å². The molecule has 2 aromatic carbocycles. The first kappa shape index (κ1) is 25.6. The number of ether oxygens (including phenoxy) is 1. The van der Waals surface area contributed by atoms with Crippen LogP contribution in [-0.4, -0.2) is 53.4 Å². The number of Topliss-reactive ketones (excluding diaryl/α,β-unsaturated/α-hetero) is 1. The highest BCUT2D eigenvalue weighted by atomic mass is 32.1. The minimum atomic E-state index is -0.946. The molecule has 1 unspecified atom stereocenters. The molecule has 1 aromatic heterocycles. The van der Waals surface area contributed by atoms with Gasteiger partial charge in [-0.15, -0.1) is 11.3 Å². The first-order chi connectivity index (χ1) is 17.8. The third kappa shape index (κ3) is 6.58. The van der Waals surface area contributed by atoms with Gasteiger partial charge in [0.1, 0.15) is 23.4 Å². The maximum atomic E-state index is 12.8. The van der Waals surface area contributed by atoms with Gasteiger partial charge in [0.25, 0.3) is 5.91 Å².